The molecule has 4 heteroatoms. The molecule has 0 aliphatic carbocycles. The van der Waals surface area contributed by atoms with E-state index in [2.05, 4.69) is 29.2 Å². The van der Waals surface area contributed by atoms with Crippen LogP contribution in [0.4, 0.5) is 0 Å². The molecule has 15 heavy (non-hydrogen) atoms. The highest BCUT2D eigenvalue weighted by Crippen LogP contribution is 2.07. The second-order valence-corrected chi connectivity index (χ2v) is 3.82. The summed E-state index contributed by atoms with van der Waals surface area (Å²) >= 11 is 0. The minimum atomic E-state index is 0.715. The first-order valence-corrected chi connectivity index (χ1v) is 5.45. The van der Waals surface area contributed by atoms with Gasteiger partial charge in [-0.3, -0.25) is 0 Å². The Bertz CT molecular complexity index is 277. The van der Waals surface area contributed by atoms with E-state index in [0.717, 1.165) is 37.0 Å². The fraction of sp³-hybridized carbons (Fsp3) is 0.727. The number of nitrogens with one attached hydrogen (secondary N) is 1. The van der Waals surface area contributed by atoms with E-state index in [0.29, 0.717) is 6.54 Å². The van der Waals surface area contributed by atoms with Crippen molar-refractivity contribution in [1.29, 1.82) is 0 Å². The van der Waals surface area contributed by atoms with Gasteiger partial charge in [0.05, 0.1) is 12.2 Å². The highest BCUT2D eigenvalue weighted by molar-refractivity contribution is 5.04. The van der Waals surface area contributed by atoms with Crippen LogP contribution in [0.15, 0.2) is 4.42 Å². The van der Waals surface area contributed by atoms with Gasteiger partial charge in [-0.05, 0) is 27.4 Å². The van der Waals surface area contributed by atoms with E-state index in [1.165, 1.54) is 0 Å². The van der Waals surface area contributed by atoms with Gasteiger partial charge in [0.15, 0.2) is 0 Å². The zero-order chi connectivity index (χ0) is 11.3. The third-order valence-corrected chi connectivity index (χ3v) is 2.56. The van der Waals surface area contributed by atoms with Gasteiger partial charge in [-0.2, -0.15) is 0 Å². The second-order valence-electron chi connectivity index (χ2n) is 3.82. The molecule has 0 aliphatic heterocycles. The molecular formula is C11H21N3O. The number of hydrogen-bond donors (Lipinski definition) is 1. The molecule has 1 aromatic rings. The maximum Gasteiger partial charge on any atom is 0.208 e. The standard InChI is InChI=1S/C11H21N3O/c1-5-14(4)7-6-12-8-11-13-9(2)10(3)15-11/h12H,5-8H2,1-4H3. The fourth-order valence-electron chi connectivity index (χ4n) is 1.24. The lowest BCUT2D eigenvalue weighted by atomic mass is 10.4. The average Bonchev–Trinajstić information content (AvgIpc) is 2.53. The van der Waals surface area contributed by atoms with Crippen LogP contribution >= 0.6 is 0 Å². The smallest absolute Gasteiger partial charge is 0.208 e. The van der Waals surface area contributed by atoms with Crippen LogP contribution in [0.5, 0.6) is 0 Å². The van der Waals surface area contributed by atoms with Gasteiger partial charge in [0.2, 0.25) is 5.89 Å². The van der Waals surface area contributed by atoms with Crippen molar-refractivity contribution in [3.8, 4) is 0 Å². The molecule has 0 aromatic carbocycles. The molecule has 0 radical (unpaired) electrons. The number of rotatable bonds is 6. The molecule has 0 amide bonds. The van der Waals surface area contributed by atoms with Gasteiger partial charge in [0.25, 0.3) is 0 Å². The van der Waals surface area contributed by atoms with Crippen molar-refractivity contribution in [2.24, 2.45) is 0 Å². The quantitative estimate of drug-likeness (QED) is 0.721. The molecule has 0 unspecified atom stereocenters. The Kier molecular flexibility index (Phi) is 4.78. The van der Waals surface area contributed by atoms with E-state index in [-0.39, 0.29) is 0 Å². The minimum Gasteiger partial charge on any atom is -0.444 e. The molecule has 1 N–H and O–H groups in total. The fourth-order valence-corrected chi connectivity index (χ4v) is 1.24. The van der Waals surface area contributed by atoms with Crippen molar-refractivity contribution in [1.82, 2.24) is 15.2 Å². The lowest BCUT2D eigenvalue weighted by molar-refractivity contribution is 0.343. The van der Waals surface area contributed by atoms with Crippen LogP contribution in [0.2, 0.25) is 0 Å². The molecular weight excluding hydrogens is 190 g/mol. The predicted octanol–water partition coefficient (Wildman–Crippen LogP) is 1.33. The van der Waals surface area contributed by atoms with Gasteiger partial charge in [-0.25, -0.2) is 4.98 Å². The molecule has 0 atom stereocenters. The Morgan fingerprint density at radius 2 is 2.13 bits per heavy atom. The van der Waals surface area contributed by atoms with Crippen LogP contribution in [0.3, 0.4) is 0 Å². The summed E-state index contributed by atoms with van der Waals surface area (Å²) in [6.45, 7) is 9.87. The van der Waals surface area contributed by atoms with Gasteiger partial charge in [0.1, 0.15) is 5.76 Å². The second kappa shape index (κ2) is 5.88. The predicted molar refractivity (Wildman–Crippen MR) is 60.9 cm³/mol. The molecule has 1 heterocycles. The highest BCUT2D eigenvalue weighted by atomic mass is 16.4. The summed E-state index contributed by atoms with van der Waals surface area (Å²) in [5.74, 6) is 1.70. The van der Waals surface area contributed by atoms with Crippen molar-refractivity contribution in [3.05, 3.63) is 17.3 Å². The van der Waals surface area contributed by atoms with Crippen LogP contribution in [0, 0.1) is 13.8 Å². The third kappa shape index (κ3) is 4.01. The van der Waals surface area contributed by atoms with Crippen LogP contribution < -0.4 is 5.32 Å². The average molecular weight is 211 g/mol. The SMILES string of the molecule is CCN(C)CCNCc1nc(C)c(C)o1. The first kappa shape index (κ1) is 12.2. The molecule has 0 saturated heterocycles. The zero-order valence-corrected chi connectivity index (χ0v) is 10.1. The molecule has 0 fully saturated rings. The summed E-state index contributed by atoms with van der Waals surface area (Å²) in [7, 11) is 2.11. The first-order chi connectivity index (χ1) is 7.13. The largest absolute Gasteiger partial charge is 0.444 e. The number of nitrogens with zero attached hydrogens (tertiary/aromatic N) is 2. The number of aryl methyl sites for hydroxylation is 2. The zero-order valence-electron chi connectivity index (χ0n) is 10.1. The monoisotopic (exact) mass is 211 g/mol. The van der Waals surface area contributed by atoms with E-state index in [1.54, 1.807) is 0 Å². The molecule has 1 aromatic heterocycles. The topological polar surface area (TPSA) is 41.3 Å². The van der Waals surface area contributed by atoms with Gasteiger partial charge in [-0.1, -0.05) is 6.92 Å². The van der Waals surface area contributed by atoms with Crippen molar-refractivity contribution in [2.75, 3.05) is 26.7 Å². The lowest BCUT2D eigenvalue weighted by Crippen LogP contribution is -2.28. The highest BCUT2D eigenvalue weighted by Gasteiger charge is 2.04. The van der Waals surface area contributed by atoms with Gasteiger partial charge in [0, 0.05) is 13.1 Å². The Morgan fingerprint density at radius 1 is 1.40 bits per heavy atom. The van der Waals surface area contributed by atoms with Crippen molar-refractivity contribution < 1.29 is 4.42 Å². The Labute approximate surface area is 91.7 Å². The molecule has 0 aliphatic rings. The van der Waals surface area contributed by atoms with Gasteiger partial charge in [-0.15, -0.1) is 0 Å². The van der Waals surface area contributed by atoms with E-state index in [1.807, 2.05) is 13.8 Å². The molecule has 4 nitrogen and oxygen atoms in total. The van der Waals surface area contributed by atoms with E-state index < -0.39 is 0 Å². The van der Waals surface area contributed by atoms with Gasteiger partial charge >= 0.3 is 0 Å². The Balaban J connectivity index is 2.20. The summed E-state index contributed by atoms with van der Waals surface area (Å²) in [5.41, 5.74) is 0.984. The molecule has 0 spiro atoms. The summed E-state index contributed by atoms with van der Waals surface area (Å²) < 4.78 is 5.46. The normalized spacial score (nSPS) is 11.3. The Hall–Kier alpha value is -0.870. The molecule has 0 bridgehead atoms. The van der Waals surface area contributed by atoms with Crippen LogP contribution in [0.25, 0.3) is 0 Å². The number of hydrogen-bond acceptors (Lipinski definition) is 4. The van der Waals surface area contributed by atoms with Crippen molar-refractivity contribution in [3.63, 3.8) is 0 Å². The Morgan fingerprint density at radius 3 is 2.67 bits per heavy atom. The first-order valence-electron chi connectivity index (χ1n) is 5.45. The maximum absolute atomic E-state index is 5.46. The lowest BCUT2D eigenvalue weighted by Gasteiger charge is -2.13. The van der Waals surface area contributed by atoms with Crippen molar-refractivity contribution >= 4 is 0 Å². The summed E-state index contributed by atoms with van der Waals surface area (Å²) in [5, 5.41) is 3.31. The van der Waals surface area contributed by atoms with Crippen LogP contribution in [-0.2, 0) is 6.54 Å². The van der Waals surface area contributed by atoms with Crippen LogP contribution in [-0.4, -0.2) is 36.6 Å². The molecule has 0 saturated carbocycles. The summed E-state index contributed by atoms with van der Waals surface area (Å²) in [6.07, 6.45) is 0. The maximum atomic E-state index is 5.46. The number of aromatic nitrogens is 1. The van der Waals surface area contributed by atoms with Crippen molar-refractivity contribution in [2.45, 2.75) is 27.3 Å². The van der Waals surface area contributed by atoms with Gasteiger partial charge < -0.3 is 14.6 Å². The summed E-state index contributed by atoms with van der Waals surface area (Å²) in [4.78, 5) is 6.57. The van der Waals surface area contributed by atoms with E-state index >= 15 is 0 Å². The van der Waals surface area contributed by atoms with E-state index in [9.17, 15) is 0 Å². The molecule has 1 rings (SSSR count). The molecule has 86 valence electrons. The third-order valence-electron chi connectivity index (χ3n) is 2.56. The van der Waals surface area contributed by atoms with Crippen LogP contribution in [0.1, 0.15) is 24.3 Å². The number of oxazole rings is 1. The minimum absolute atomic E-state index is 0.715. The van der Waals surface area contributed by atoms with E-state index in [4.69, 9.17) is 4.42 Å². The summed E-state index contributed by atoms with van der Waals surface area (Å²) in [6, 6.07) is 0. The number of likely N-dealkylation sites (N-methyl/N-ethyl adjacent to an activating group) is 1.